The smallest absolute Gasteiger partial charge is 0.123 e. The molecule has 3 aromatic carbocycles. The average molecular weight is 290 g/mol. The minimum absolute atomic E-state index is 0.298. The normalized spacial score (nSPS) is 9.45. The van der Waals surface area contributed by atoms with Crippen molar-refractivity contribution in [2.75, 3.05) is 0 Å². The number of benzene rings is 3. The Bertz CT molecular complexity index is 733. The van der Waals surface area contributed by atoms with Crippen LogP contribution in [0.25, 0.3) is 17.2 Å². The first kappa shape index (κ1) is 15.4. The van der Waals surface area contributed by atoms with Crippen molar-refractivity contribution >= 4 is 6.08 Å². The largest absolute Gasteiger partial charge is 0.508 e. The Kier molecular flexibility index (Phi) is 5.38. The maximum absolute atomic E-state index is 9.75. The molecule has 0 aliphatic carbocycles. The fourth-order valence-electron chi connectivity index (χ4n) is 2.05. The zero-order valence-electron chi connectivity index (χ0n) is 12.2. The Morgan fingerprint density at radius 1 is 0.636 bits per heavy atom. The second kappa shape index (κ2) is 7.70. The molecule has 0 atom stereocenters. The Balaban J connectivity index is 0.000000211. The molecule has 0 amide bonds. The third-order valence-electron chi connectivity index (χ3n) is 3.13. The predicted octanol–water partition coefficient (Wildman–Crippen LogP) is 5.09. The predicted molar refractivity (Wildman–Crippen MR) is 91.7 cm³/mol. The van der Waals surface area contributed by atoms with E-state index < -0.39 is 0 Å². The fourth-order valence-corrected chi connectivity index (χ4v) is 2.05. The molecule has 0 bridgehead atoms. The van der Waals surface area contributed by atoms with E-state index in [4.69, 9.17) is 5.11 Å². The van der Waals surface area contributed by atoms with Crippen LogP contribution in [0.1, 0.15) is 5.56 Å². The first-order valence-electron chi connectivity index (χ1n) is 6.96. The number of rotatable bonds is 2. The molecular weight excluding hydrogens is 272 g/mol. The molecule has 0 heterocycles. The van der Waals surface area contributed by atoms with Crippen molar-refractivity contribution in [3.05, 3.63) is 91.0 Å². The Labute approximate surface area is 130 Å². The van der Waals surface area contributed by atoms with Crippen molar-refractivity contribution in [1.82, 2.24) is 0 Å². The summed E-state index contributed by atoms with van der Waals surface area (Å²) >= 11 is 0. The minimum Gasteiger partial charge on any atom is -0.508 e. The molecule has 0 aliphatic heterocycles. The zero-order chi connectivity index (χ0) is 15.8. The first-order chi connectivity index (χ1) is 10.7. The van der Waals surface area contributed by atoms with Gasteiger partial charge in [-0.25, -0.2) is 0 Å². The molecule has 2 nitrogen and oxygen atoms in total. The molecule has 0 unspecified atom stereocenters. The van der Waals surface area contributed by atoms with Crippen LogP contribution in [0, 0.1) is 0 Å². The van der Waals surface area contributed by atoms with E-state index in [0.29, 0.717) is 11.5 Å². The van der Waals surface area contributed by atoms with Crippen molar-refractivity contribution < 1.29 is 10.2 Å². The number of aromatic hydroxyl groups is 2. The van der Waals surface area contributed by atoms with E-state index in [2.05, 4.69) is 6.58 Å². The molecule has 0 saturated heterocycles. The van der Waals surface area contributed by atoms with E-state index in [9.17, 15) is 5.11 Å². The van der Waals surface area contributed by atoms with Crippen LogP contribution >= 0.6 is 0 Å². The lowest BCUT2D eigenvalue weighted by Crippen LogP contribution is -1.82. The summed E-state index contributed by atoms with van der Waals surface area (Å²) in [4.78, 5) is 0. The summed E-state index contributed by atoms with van der Waals surface area (Å²) in [5.41, 5.74) is 2.87. The van der Waals surface area contributed by atoms with E-state index in [-0.39, 0.29) is 0 Å². The second-order valence-corrected chi connectivity index (χ2v) is 4.64. The highest BCUT2D eigenvalue weighted by Gasteiger charge is 2.05. The van der Waals surface area contributed by atoms with Gasteiger partial charge in [-0.3, -0.25) is 0 Å². The Morgan fingerprint density at radius 2 is 1.18 bits per heavy atom. The molecule has 0 radical (unpaired) electrons. The van der Waals surface area contributed by atoms with Gasteiger partial charge in [0, 0.05) is 5.56 Å². The Hall–Kier alpha value is -3.00. The van der Waals surface area contributed by atoms with Gasteiger partial charge in [-0.05, 0) is 29.3 Å². The van der Waals surface area contributed by atoms with Crippen LogP contribution < -0.4 is 0 Å². The second-order valence-electron chi connectivity index (χ2n) is 4.64. The number of phenols is 2. The van der Waals surface area contributed by atoms with Gasteiger partial charge in [-0.15, -0.1) is 0 Å². The molecule has 110 valence electrons. The summed E-state index contributed by atoms with van der Waals surface area (Å²) < 4.78 is 0. The number of hydrogen-bond acceptors (Lipinski definition) is 2. The van der Waals surface area contributed by atoms with Crippen LogP contribution in [-0.2, 0) is 0 Å². The molecule has 0 fully saturated rings. The van der Waals surface area contributed by atoms with Crippen molar-refractivity contribution in [2.24, 2.45) is 0 Å². The lowest BCUT2D eigenvalue weighted by atomic mass is 9.99. The van der Waals surface area contributed by atoms with Crippen molar-refractivity contribution in [1.29, 1.82) is 0 Å². The fraction of sp³-hybridized carbons (Fsp3) is 0. The van der Waals surface area contributed by atoms with E-state index in [0.717, 1.165) is 16.7 Å². The summed E-state index contributed by atoms with van der Waals surface area (Å²) in [5, 5.41) is 18.4. The topological polar surface area (TPSA) is 40.5 Å². The third kappa shape index (κ3) is 4.00. The van der Waals surface area contributed by atoms with Crippen LogP contribution in [0.3, 0.4) is 0 Å². The average Bonchev–Trinajstić information content (AvgIpc) is 2.57. The monoisotopic (exact) mass is 290 g/mol. The van der Waals surface area contributed by atoms with E-state index in [1.54, 1.807) is 36.4 Å². The molecular formula is C20H18O2. The quantitative estimate of drug-likeness (QED) is 0.689. The summed E-state index contributed by atoms with van der Waals surface area (Å²) in [7, 11) is 0. The van der Waals surface area contributed by atoms with Gasteiger partial charge < -0.3 is 10.2 Å². The molecule has 22 heavy (non-hydrogen) atoms. The van der Waals surface area contributed by atoms with Crippen LogP contribution in [0.4, 0.5) is 0 Å². The standard InChI is InChI=1S/C14H12O.C6H6O/c1-2-11-7-3-4-8-12(11)13-9-5-6-10-14(13)15;7-6-4-2-1-3-5-6/h2-10,15H,1H2;1-5,7H. The number of phenolic OH excluding ortho intramolecular Hbond substituents is 2. The van der Waals surface area contributed by atoms with Gasteiger partial charge in [0.05, 0.1) is 0 Å². The van der Waals surface area contributed by atoms with Crippen LogP contribution in [0.5, 0.6) is 11.5 Å². The minimum atomic E-state index is 0.298. The van der Waals surface area contributed by atoms with Gasteiger partial charge in [-0.2, -0.15) is 0 Å². The van der Waals surface area contributed by atoms with Crippen LogP contribution in [0.15, 0.2) is 85.4 Å². The van der Waals surface area contributed by atoms with Gasteiger partial charge in [0.15, 0.2) is 0 Å². The van der Waals surface area contributed by atoms with Gasteiger partial charge in [0.1, 0.15) is 11.5 Å². The maximum atomic E-state index is 9.75. The summed E-state index contributed by atoms with van der Waals surface area (Å²) in [6.45, 7) is 3.77. The molecule has 0 aromatic heterocycles. The summed E-state index contributed by atoms with van der Waals surface area (Å²) in [6.07, 6.45) is 1.79. The van der Waals surface area contributed by atoms with Crippen molar-refractivity contribution in [3.8, 4) is 22.6 Å². The lowest BCUT2D eigenvalue weighted by molar-refractivity contribution is 0.475. The van der Waals surface area contributed by atoms with E-state index >= 15 is 0 Å². The van der Waals surface area contributed by atoms with Gasteiger partial charge in [-0.1, -0.05) is 73.3 Å². The molecule has 0 aliphatic rings. The van der Waals surface area contributed by atoms with Gasteiger partial charge >= 0.3 is 0 Å². The molecule has 0 spiro atoms. The van der Waals surface area contributed by atoms with Crippen LogP contribution in [-0.4, -0.2) is 10.2 Å². The highest BCUT2D eigenvalue weighted by Crippen LogP contribution is 2.31. The third-order valence-corrected chi connectivity index (χ3v) is 3.13. The van der Waals surface area contributed by atoms with Crippen molar-refractivity contribution in [3.63, 3.8) is 0 Å². The molecule has 2 heteroatoms. The highest BCUT2D eigenvalue weighted by molar-refractivity contribution is 5.78. The molecule has 3 rings (SSSR count). The number of hydrogen-bond donors (Lipinski definition) is 2. The van der Waals surface area contributed by atoms with E-state index in [1.165, 1.54) is 0 Å². The number of para-hydroxylation sites is 2. The molecule has 0 saturated carbocycles. The molecule has 3 aromatic rings. The van der Waals surface area contributed by atoms with E-state index in [1.807, 2.05) is 48.5 Å². The molecule has 2 N–H and O–H groups in total. The van der Waals surface area contributed by atoms with Crippen molar-refractivity contribution in [2.45, 2.75) is 0 Å². The summed E-state index contributed by atoms with van der Waals surface area (Å²) in [6, 6.07) is 23.9. The van der Waals surface area contributed by atoms with Gasteiger partial charge in [0.2, 0.25) is 0 Å². The van der Waals surface area contributed by atoms with Crippen LogP contribution in [0.2, 0.25) is 0 Å². The summed E-state index contributed by atoms with van der Waals surface area (Å²) in [5.74, 6) is 0.620. The van der Waals surface area contributed by atoms with Gasteiger partial charge in [0.25, 0.3) is 0 Å². The zero-order valence-corrected chi connectivity index (χ0v) is 12.2. The first-order valence-corrected chi connectivity index (χ1v) is 6.96. The highest BCUT2D eigenvalue weighted by atomic mass is 16.3. The maximum Gasteiger partial charge on any atom is 0.123 e. The lowest BCUT2D eigenvalue weighted by Gasteiger charge is -2.07. The SMILES string of the molecule is C=Cc1ccccc1-c1ccccc1O.Oc1ccccc1. The Morgan fingerprint density at radius 3 is 1.73 bits per heavy atom.